The number of carbonyl (C=O) groups is 1. The van der Waals surface area contributed by atoms with Crippen LogP contribution in [-0.2, 0) is 9.53 Å². The summed E-state index contributed by atoms with van der Waals surface area (Å²) in [5, 5.41) is 0. The van der Waals surface area contributed by atoms with E-state index >= 15 is 0 Å². The number of rotatable bonds is 8. The van der Waals surface area contributed by atoms with Gasteiger partial charge in [-0.15, -0.1) is 0 Å². The molecule has 1 fully saturated rings. The summed E-state index contributed by atoms with van der Waals surface area (Å²) in [5.41, 5.74) is 0. The first-order valence-electron chi connectivity index (χ1n) is 5.06. The molecule has 0 amide bonds. The highest BCUT2D eigenvalue weighted by atomic mass is 19.3. The summed E-state index contributed by atoms with van der Waals surface area (Å²) in [6.07, 6.45) is 1.89. The van der Waals surface area contributed by atoms with Gasteiger partial charge in [-0.1, -0.05) is 12.8 Å². The van der Waals surface area contributed by atoms with Crippen LogP contribution in [0.5, 0.6) is 0 Å². The maximum absolute atomic E-state index is 11.6. The molecule has 0 atom stereocenters. The number of ketones is 1. The van der Waals surface area contributed by atoms with Crippen molar-refractivity contribution in [2.45, 2.75) is 38.5 Å². The molecule has 1 aliphatic carbocycles. The van der Waals surface area contributed by atoms with Crippen LogP contribution in [0.2, 0.25) is 0 Å². The maximum atomic E-state index is 11.6. The molecule has 0 aromatic heterocycles. The molecule has 0 radical (unpaired) electrons. The number of hydrogen-bond acceptors (Lipinski definition) is 2. The number of halogens is 2. The van der Waals surface area contributed by atoms with E-state index in [1.807, 2.05) is 0 Å². The van der Waals surface area contributed by atoms with Crippen LogP contribution in [0.25, 0.3) is 0 Å². The molecule has 14 heavy (non-hydrogen) atoms. The van der Waals surface area contributed by atoms with Gasteiger partial charge in [-0.2, -0.15) is 0 Å². The molecule has 0 N–H and O–H groups in total. The number of carbonyl (C=O) groups excluding carboxylic acids is 1. The third kappa shape index (κ3) is 6.02. The van der Waals surface area contributed by atoms with Gasteiger partial charge in [0.2, 0.25) is 0 Å². The van der Waals surface area contributed by atoms with Crippen molar-refractivity contribution in [3.63, 3.8) is 0 Å². The highest BCUT2D eigenvalue weighted by molar-refractivity contribution is 5.78. The van der Waals surface area contributed by atoms with Crippen molar-refractivity contribution in [1.29, 1.82) is 0 Å². The summed E-state index contributed by atoms with van der Waals surface area (Å²) in [6, 6.07) is 0. The number of hydrogen-bond donors (Lipinski definition) is 0. The van der Waals surface area contributed by atoms with Crippen LogP contribution in [0.1, 0.15) is 32.1 Å². The Morgan fingerprint density at radius 2 is 2.07 bits per heavy atom. The Labute approximate surface area is 82.6 Å². The number of ether oxygens (including phenoxy) is 1. The van der Waals surface area contributed by atoms with Gasteiger partial charge in [0.25, 0.3) is 6.43 Å². The summed E-state index contributed by atoms with van der Waals surface area (Å²) >= 11 is 0. The molecular formula is C10H16F2O2. The molecule has 82 valence electrons. The Kier molecular flexibility index (Phi) is 5.01. The third-order valence-corrected chi connectivity index (χ3v) is 2.30. The largest absolute Gasteiger partial charge is 0.375 e. The lowest BCUT2D eigenvalue weighted by atomic mass is 10.1. The molecule has 0 heterocycles. The van der Waals surface area contributed by atoms with Gasteiger partial charge in [-0.05, 0) is 12.3 Å². The van der Waals surface area contributed by atoms with E-state index in [1.165, 1.54) is 12.8 Å². The van der Waals surface area contributed by atoms with Crippen molar-refractivity contribution >= 4 is 5.78 Å². The molecule has 1 aliphatic rings. The van der Waals surface area contributed by atoms with Crippen LogP contribution in [0, 0.1) is 5.92 Å². The van der Waals surface area contributed by atoms with Gasteiger partial charge >= 0.3 is 0 Å². The lowest BCUT2D eigenvalue weighted by Crippen LogP contribution is -2.09. The fourth-order valence-corrected chi connectivity index (χ4v) is 1.26. The lowest BCUT2D eigenvalue weighted by molar-refractivity contribution is -0.120. The SMILES string of the molecule is O=C(CCOCC(F)F)CCC1CC1. The predicted molar refractivity (Wildman–Crippen MR) is 48.4 cm³/mol. The topological polar surface area (TPSA) is 26.3 Å². The molecule has 0 bridgehead atoms. The average molecular weight is 206 g/mol. The molecule has 0 aromatic rings. The number of alkyl halides is 2. The van der Waals surface area contributed by atoms with Crippen molar-refractivity contribution < 1.29 is 18.3 Å². The fourth-order valence-electron chi connectivity index (χ4n) is 1.26. The zero-order chi connectivity index (χ0) is 10.4. The quantitative estimate of drug-likeness (QED) is 0.570. The second-order valence-electron chi connectivity index (χ2n) is 3.74. The second kappa shape index (κ2) is 6.06. The molecule has 4 heteroatoms. The second-order valence-corrected chi connectivity index (χ2v) is 3.74. The monoisotopic (exact) mass is 206 g/mol. The summed E-state index contributed by atoms with van der Waals surface area (Å²) in [6.45, 7) is -0.427. The molecule has 0 unspecified atom stereocenters. The van der Waals surface area contributed by atoms with Crippen molar-refractivity contribution in [3.8, 4) is 0 Å². The highest BCUT2D eigenvalue weighted by Gasteiger charge is 2.21. The minimum atomic E-state index is -2.43. The van der Waals surface area contributed by atoms with Gasteiger partial charge in [-0.25, -0.2) is 8.78 Å². The zero-order valence-corrected chi connectivity index (χ0v) is 8.18. The molecule has 0 aromatic carbocycles. The summed E-state index contributed by atoms with van der Waals surface area (Å²) in [5.74, 6) is 0.882. The van der Waals surface area contributed by atoms with Crippen molar-refractivity contribution in [2.24, 2.45) is 5.92 Å². The predicted octanol–water partition coefficient (Wildman–Crippen LogP) is 2.42. The van der Waals surface area contributed by atoms with Crippen molar-refractivity contribution in [2.75, 3.05) is 13.2 Å². The van der Waals surface area contributed by atoms with Gasteiger partial charge < -0.3 is 4.74 Å². The van der Waals surface area contributed by atoms with E-state index in [2.05, 4.69) is 4.74 Å². The van der Waals surface area contributed by atoms with Crippen molar-refractivity contribution in [3.05, 3.63) is 0 Å². The molecule has 1 rings (SSSR count). The minimum Gasteiger partial charge on any atom is -0.375 e. The normalized spacial score (nSPS) is 16.2. The Bertz CT molecular complexity index is 179. The maximum Gasteiger partial charge on any atom is 0.261 e. The summed E-state index contributed by atoms with van der Waals surface area (Å²) in [4.78, 5) is 11.2. The van der Waals surface area contributed by atoms with Crippen LogP contribution in [0.4, 0.5) is 8.78 Å². The lowest BCUT2D eigenvalue weighted by Gasteiger charge is -2.02. The molecule has 0 spiro atoms. The Morgan fingerprint density at radius 3 is 2.64 bits per heavy atom. The standard InChI is InChI=1S/C10H16F2O2/c11-10(12)7-14-6-5-9(13)4-3-8-1-2-8/h8,10H,1-7H2. The molecular weight excluding hydrogens is 190 g/mol. The van der Waals surface area contributed by atoms with E-state index in [-0.39, 0.29) is 18.8 Å². The van der Waals surface area contributed by atoms with Gasteiger partial charge in [0.15, 0.2) is 0 Å². The first-order valence-corrected chi connectivity index (χ1v) is 5.06. The van der Waals surface area contributed by atoms with E-state index in [0.717, 1.165) is 12.3 Å². The van der Waals surface area contributed by atoms with Crippen LogP contribution in [0.3, 0.4) is 0 Å². The Morgan fingerprint density at radius 1 is 1.36 bits per heavy atom. The third-order valence-electron chi connectivity index (χ3n) is 2.30. The van der Waals surface area contributed by atoms with Crippen LogP contribution in [-0.4, -0.2) is 25.4 Å². The summed E-state index contributed by atoms with van der Waals surface area (Å²) < 4.78 is 27.8. The highest BCUT2D eigenvalue weighted by Crippen LogP contribution is 2.33. The van der Waals surface area contributed by atoms with Gasteiger partial charge in [0.05, 0.1) is 6.61 Å². The molecule has 0 aliphatic heterocycles. The Balaban J connectivity index is 1.86. The van der Waals surface area contributed by atoms with Gasteiger partial charge in [0, 0.05) is 12.8 Å². The molecule has 1 saturated carbocycles. The van der Waals surface area contributed by atoms with E-state index in [1.54, 1.807) is 0 Å². The molecule has 2 nitrogen and oxygen atoms in total. The van der Waals surface area contributed by atoms with E-state index in [4.69, 9.17) is 0 Å². The van der Waals surface area contributed by atoms with E-state index in [0.29, 0.717) is 6.42 Å². The first kappa shape index (κ1) is 11.6. The number of Topliss-reactive ketones (excluding diaryl/α,β-unsaturated/α-hetero) is 1. The molecule has 0 saturated heterocycles. The smallest absolute Gasteiger partial charge is 0.261 e. The average Bonchev–Trinajstić information content (AvgIpc) is 2.92. The van der Waals surface area contributed by atoms with Crippen LogP contribution >= 0.6 is 0 Å². The van der Waals surface area contributed by atoms with Crippen molar-refractivity contribution in [1.82, 2.24) is 0 Å². The fraction of sp³-hybridized carbons (Fsp3) is 0.900. The van der Waals surface area contributed by atoms with Crippen LogP contribution < -0.4 is 0 Å². The van der Waals surface area contributed by atoms with E-state index < -0.39 is 13.0 Å². The first-order chi connectivity index (χ1) is 6.68. The van der Waals surface area contributed by atoms with Gasteiger partial charge in [0.1, 0.15) is 12.4 Å². The zero-order valence-electron chi connectivity index (χ0n) is 8.18. The van der Waals surface area contributed by atoms with Gasteiger partial charge in [-0.3, -0.25) is 4.79 Å². The van der Waals surface area contributed by atoms with Crippen LogP contribution in [0.15, 0.2) is 0 Å². The minimum absolute atomic E-state index is 0.131. The summed E-state index contributed by atoms with van der Waals surface area (Å²) in [7, 11) is 0. The Hall–Kier alpha value is -0.510. The van der Waals surface area contributed by atoms with E-state index in [9.17, 15) is 13.6 Å².